The third-order valence-electron chi connectivity index (χ3n) is 3.68. The Hall–Kier alpha value is -1.35. The number of aryl methyl sites for hydroxylation is 1. The van der Waals surface area contributed by atoms with Crippen LogP contribution in [0.1, 0.15) is 53.4 Å². The van der Waals surface area contributed by atoms with E-state index >= 15 is 0 Å². The zero-order valence-electron chi connectivity index (χ0n) is 11.4. The van der Waals surface area contributed by atoms with Crippen molar-refractivity contribution in [2.75, 3.05) is 6.61 Å². The number of benzene rings is 1. The molecule has 0 saturated heterocycles. The minimum absolute atomic E-state index is 0.173. The molecule has 2 nitrogen and oxygen atoms in total. The van der Waals surface area contributed by atoms with Gasteiger partial charge in [0.2, 0.25) is 0 Å². The van der Waals surface area contributed by atoms with Crippen molar-refractivity contribution in [3.05, 3.63) is 34.2 Å². The number of fused-ring (bicyclic) bond motifs is 1. The lowest BCUT2D eigenvalue weighted by Gasteiger charge is -2.02. The Labute approximate surface area is 117 Å². The summed E-state index contributed by atoms with van der Waals surface area (Å²) in [5, 5.41) is 1.22. The second-order valence-corrected chi connectivity index (χ2v) is 6.07. The number of thiophene rings is 1. The molecule has 1 aromatic carbocycles. The minimum Gasteiger partial charge on any atom is -0.462 e. The molecule has 0 atom stereocenters. The zero-order chi connectivity index (χ0) is 13.4. The number of hydrogen-bond donors (Lipinski definition) is 0. The van der Waals surface area contributed by atoms with E-state index < -0.39 is 0 Å². The third-order valence-corrected chi connectivity index (χ3v) is 4.85. The Kier molecular flexibility index (Phi) is 3.31. The van der Waals surface area contributed by atoms with Crippen LogP contribution in [-0.2, 0) is 11.2 Å². The molecule has 0 spiro atoms. The smallest absolute Gasteiger partial charge is 0.348 e. The van der Waals surface area contributed by atoms with E-state index in [0.717, 1.165) is 22.8 Å². The predicted octanol–water partition coefficient (Wildman–Crippen LogP) is 4.52. The summed E-state index contributed by atoms with van der Waals surface area (Å²) in [5.74, 6) is 0.580. The first-order chi connectivity index (χ1) is 9.24. The molecule has 1 fully saturated rings. The van der Waals surface area contributed by atoms with Crippen LogP contribution in [0.5, 0.6) is 0 Å². The Morgan fingerprint density at radius 1 is 1.37 bits per heavy atom. The average Bonchev–Trinajstić information content (AvgIpc) is 3.19. The van der Waals surface area contributed by atoms with E-state index in [9.17, 15) is 4.79 Å². The van der Waals surface area contributed by atoms with Crippen molar-refractivity contribution in [2.45, 2.75) is 39.0 Å². The zero-order valence-corrected chi connectivity index (χ0v) is 12.2. The van der Waals surface area contributed by atoms with Crippen LogP contribution in [0.25, 0.3) is 10.1 Å². The summed E-state index contributed by atoms with van der Waals surface area (Å²) in [6.45, 7) is 4.38. The van der Waals surface area contributed by atoms with Crippen LogP contribution in [-0.4, -0.2) is 12.6 Å². The molecule has 3 rings (SSSR count). The summed E-state index contributed by atoms with van der Waals surface area (Å²) in [5.41, 5.74) is 2.56. The summed E-state index contributed by atoms with van der Waals surface area (Å²) >= 11 is 1.58. The number of esters is 1. The monoisotopic (exact) mass is 274 g/mol. The summed E-state index contributed by atoms with van der Waals surface area (Å²) in [7, 11) is 0. The van der Waals surface area contributed by atoms with Gasteiger partial charge in [-0.05, 0) is 54.7 Å². The van der Waals surface area contributed by atoms with Gasteiger partial charge in [0.05, 0.1) is 6.61 Å². The fraction of sp³-hybridized carbons (Fsp3) is 0.438. The second kappa shape index (κ2) is 4.97. The Bertz CT molecular complexity index is 623. The lowest BCUT2D eigenvalue weighted by Crippen LogP contribution is -2.04. The van der Waals surface area contributed by atoms with E-state index in [-0.39, 0.29) is 5.97 Å². The fourth-order valence-corrected chi connectivity index (χ4v) is 3.79. The normalized spacial score (nSPS) is 14.8. The SMILES string of the molecule is CCOC(=O)c1sc2cc(C3CC3)ccc2c1CC. The number of hydrogen-bond acceptors (Lipinski definition) is 3. The summed E-state index contributed by atoms with van der Waals surface area (Å²) < 4.78 is 6.39. The maximum absolute atomic E-state index is 12.0. The van der Waals surface area contributed by atoms with Crippen molar-refractivity contribution in [3.63, 3.8) is 0 Å². The number of carbonyl (C=O) groups is 1. The van der Waals surface area contributed by atoms with Gasteiger partial charge in [0.15, 0.2) is 0 Å². The van der Waals surface area contributed by atoms with Crippen LogP contribution < -0.4 is 0 Å². The Morgan fingerprint density at radius 3 is 2.79 bits per heavy atom. The van der Waals surface area contributed by atoms with E-state index in [1.165, 1.54) is 28.5 Å². The highest BCUT2D eigenvalue weighted by atomic mass is 32.1. The maximum Gasteiger partial charge on any atom is 0.348 e. The first-order valence-corrected chi connectivity index (χ1v) is 7.78. The van der Waals surface area contributed by atoms with Gasteiger partial charge >= 0.3 is 5.97 Å². The molecule has 0 radical (unpaired) electrons. The molecule has 3 heteroatoms. The molecule has 1 aliphatic rings. The molecule has 1 aromatic heterocycles. The predicted molar refractivity (Wildman–Crippen MR) is 79.1 cm³/mol. The Balaban J connectivity index is 2.08. The summed E-state index contributed by atoms with van der Waals surface area (Å²) in [6, 6.07) is 6.67. The molecule has 0 aliphatic heterocycles. The van der Waals surface area contributed by atoms with Gasteiger partial charge in [0.25, 0.3) is 0 Å². The van der Waals surface area contributed by atoms with Gasteiger partial charge in [-0.25, -0.2) is 4.79 Å². The van der Waals surface area contributed by atoms with Crippen LogP contribution in [0, 0.1) is 0 Å². The molecule has 1 heterocycles. The summed E-state index contributed by atoms with van der Waals surface area (Å²) in [4.78, 5) is 12.8. The topological polar surface area (TPSA) is 26.3 Å². The molecule has 0 bridgehead atoms. The van der Waals surface area contributed by atoms with Crippen LogP contribution in [0.2, 0.25) is 0 Å². The highest BCUT2D eigenvalue weighted by molar-refractivity contribution is 7.21. The quantitative estimate of drug-likeness (QED) is 0.766. The van der Waals surface area contributed by atoms with Crippen molar-refractivity contribution in [1.29, 1.82) is 0 Å². The largest absolute Gasteiger partial charge is 0.462 e. The molecule has 1 aliphatic carbocycles. The first kappa shape index (κ1) is 12.7. The van der Waals surface area contributed by atoms with E-state index in [1.807, 2.05) is 6.92 Å². The first-order valence-electron chi connectivity index (χ1n) is 6.97. The highest BCUT2D eigenvalue weighted by Gasteiger charge is 2.25. The molecule has 0 amide bonds. The second-order valence-electron chi connectivity index (χ2n) is 5.01. The number of ether oxygens (including phenoxy) is 1. The van der Waals surface area contributed by atoms with E-state index in [1.54, 1.807) is 11.3 Å². The van der Waals surface area contributed by atoms with Gasteiger partial charge in [0, 0.05) is 4.70 Å². The molecule has 0 N–H and O–H groups in total. The molecular formula is C16H18O2S. The number of carbonyl (C=O) groups excluding carboxylic acids is 1. The van der Waals surface area contributed by atoms with Crippen LogP contribution in [0.15, 0.2) is 18.2 Å². The number of rotatable bonds is 4. The van der Waals surface area contributed by atoms with Gasteiger partial charge in [-0.1, -0.05) is 19.1 Å². The lowest BCUT2D eigenvalue weighted by molar-refractivity contribution is 0.0531. The molecule has 2 aromatic rings. The van der Waals surface area contributed by atoms with Crippen molar-refractivity contribution in [2.24, 2.45) is 0 Å². The van der Waals surface area contributed by atoms with Gasteiger partial charge in [-0.3, -0.25) is 0 Å². The fourth-order valence-electron chi connectivity index (χ4n) is 2.55. The molecular weight excluding hydrogens is 256 g/mol. The van der Waals surface area contributed by atoms with Crippen LogP contribution in [0.4, 0.5) is 0 Å². The Morgan fingerprint density at radius 2 is 2.16 bits per heavy atom. The van der Waals surface area contributed by atoms with E-state index in [4.69, 9.17) is 4.74 Å². The molecule has 100 valence electrons. The van der Waals surface area contributed by atoms with E-state index in [0.29, 0.717) is 6.61 Å². The van der Waals surface area contributed by atoms with Crippen molar-refractivity contribution < 1.29 is 9.53 Å². The molecule has 19 heavy (non-hydrogen) atoms. The standard InChI is InChI=1S/C16H18O2S/c1-3-12-13-8-7-11(10-5-6-10)9-14(13)19-15(12)16(17)18-4-2/h7-10H,3-6H2,1-2H3. The average molecular weight is 274 g/mol. The van der Waals surface area contributed by atoms with Crippen molar-refractivity contribution in [3.8, 4) is 0 Å². The van der Waals surface area contributed by atoms with Gasteiger partial charge in [-0.15, -0.1) is 11.3 Å². The lowest BCUT2D eigenvalue weighted by atomic mass is 10.0. The van der Waals surface area contributed by atoms with Gasteiger partial charge in [-0.2, -0.15) is 0 Å². The minimum atomic E-state index is -0.173. The van der Waals surface area contributed by atoms with Crippen LogP contribution >= 0.6 is 11.3 Å². The van der Waals surface area contributed by atoms with Crippen LogP contribution in [0.3, 0.4) is 0 Å². The van der Waals surface area contributed by atoms with E-state index in [2.05, 4.69) is 25.1 Å². The van der Waals surface area contributed by atoms with Gasteiger partial charge < -0.3 is 4.74 Å². The third kappa shape index (κ3) is 2.27. The molecule has 0 unspecified atom stereocenters. The maximum atomic E-state index is 12.0. The molecule has 1 saturated carbocycles. The van der Waals surface area contributed by atoms with Gasteiger partial charge in [0.1, 0.15) is 4.88 Å². The highest BCUT2D eigenvalue weighted by Crippen LogP contribution is 2.42. The van der Waals surface area contributed by atoms with Crippen molar-refractivity contribution >= 4 is 27.4 Å². The van der Waals surface area contributed by atoms with Crippen molar-refractivity contribution in [1.82, 2.24) is 0 Å². The summed E-state index contributed by atoms with van der Waals surface area (Å²) in [6.07, 6.45) is 3.49.